The lowest BCUT2D eigenvalue weighted by Crippen LogP contribution is -2.39. The van der Waals surface area contributed by atoms with Crippen LogP contribution in [0.4, 0.5) is 17.6 Å². The van der Waals surface area contributed by atoms with Gasteiger partial charge in [0.1, 0.15) is 5.82 Å². The summed E-state index contributed by atoms with van der Waals surface area (Å²) in [6.07, 6.45) is -6.00. The van der Waals surface area contributed by atoms with Crippen molar-refractivity contribution in [3.8, 4) is 0 Å². The Balaban J connectivity index is 3.03. The van der Waals surface area contributed by atoms with Crippen LogP contribution in [0.25, 0.3) is 0 Å². The largest absolute Gasteiger partial charge is 0.481 e. The minimum Gasteiger partial charge on any atom is -0.481 e. The van der Waals surface area contributed by atoms with E-state index in [1.807, 2.05) is 0 Å². The maximum Gasteiger partial charge on any atom is 0.471 e. The predicted octanol–water partition coefficient (Wildman–Crippen LogP) is 2.67. The van der Waals surface area contributed by atoms with E-state index in [2.05, 4.69) is 0 Å². The van der Waals surface area contributed by atoms with E-state index < -0.39 is 36.3 Å². The van der Waals surface area contributed by atoms with Crippen molar-refractivity contribution < 1.29 is 32.3 Å². The first-order valence-corrected chi connectivity index (χ1v) is 5.53. The maximum atomic E-state index is 13.2. The summed E-state index contributed by atoms with van der Waals surface area (Å²) in [5, 5.41) is 9.86. The van der Waals surface area contributed by atoms with Gasteiger partial charge >= 0.3 is 18.1 Å². The average Bonchev–Trinajstić information content (AvgIpc) is 2.30. The molecule has 0 fully saturated rings. The molecule has 1 aromatic carbocycles. The molecule has 0 spiro atoms. The molecule has 0 aliphatic rings. The van der Waals surface area contributed by atoms with Crippen LogP contribution in [-0.2, 0) is 9.59 Å². The predicted molar refractivity (Wildman–Crippen MR) is 60.6 cm³/mol. The Kier molecular flexibility index (Phi) is 4.93. The van der Waals surface area contributed by atoms with E-state index in [9.17, 15) is 27.2 Å². The first-order chi connectivity index (χ1) is 9.11. The number of amides is 1. The van der Waals surface area contributed by atoms with Crippen molar-refractivity contribution in [1.82, 2.24) is 5.32 Å². The lowest BCUT2D eigenvalue weighted by atomic mass is 10.0. The summed E-state index contributed by atoms with van der Waals surface area (Å²) in [7, 11) is 0. The number of carboxylic acids is 1. The van der Waals surface area contributed by atoms with Crippen molar-refractivity contribution in [3.63, 3.8) is 0 Å². The molecule has 0 aliphatic heterocycles. The number of hydrogen-bond acceptors (Lipinski definition) is 2. The van der Waals surface area contributed by atoms with Crippen LogP contribution < -0.4 is 5.32 Å². The highest BCUT2D eigenvalue weighted by Crippen LogP contribution is 2.24. The Hall–Kier alpha value is -1.83. The van der Waals surface area contributed by atoms with Crippen LogP contribution in [-0.4, -0.2) is 23.2 Å². The summed E-state index contributed by atoms with van der Waals surface area (Å²) < 4.78 is 49.7. The van der Waals surface area contributed by atoms with Gasteiger partial charge < -0.3 is 10.4 Å². The zero-order valence-corrected chi connectivity index (χ0v) is 10.4. The van der Waals surface area contributed by atoms with E-state index in [1.165, 1.54) is 5.32 Å². The van der Waals surface area contributed by atoms with Crippen LogP contribution in [0.3, 0.4) is 0 Å². The molecule has 0 saturated heterocycles. The van der Waals surface area contributed by atoms with Crippen molar-refractivity contribution in [2.75, 3.05) is 0 Å². The number of alkyl halides is 3. The molecule has 20 heavy (non-hydrogen) atoms. The molecule has 0 aromatic heterocycles. The molecule has 0 saturated carbocycles. The number of benzene rings is 1. The smallest absolute Gasteiger partial charge is 0.471 e. The number of carbonyl (C=O) groups excluding carboxylic acids is 1. The third-order valence-electron chi connectivity index (χ3n) is 2.29. The molecule has 0 bridgehead atoms. The Morgan fingerprint density at radius 2 is 1.95 bits per heavy atom. The van der Waals surface area contributed by atoms with Gasteiger partial charge in [-0.25, -0.2) is 4.39 Å². The summed E-state index contributed by atoms with van der Waals surface area (Å²) in [5.74, 6) is -4.69. The summed E-state index contributed by atoms with van der Waals surface area (Å²) in [6.45, 7) is 0. The van der Waals surface area contributed by atoms with Crippen molar-refractivity contribution in [2.45, 2.75) is 18.6 Å². The Labute approximate surface area is 115 Å². The van der Waals surface area contributed by atoms with Crippen LogP contribution >= 0.6 is 11.6 Å². The molecular weight excluding hydrogens is 306 g/mol. The van der Waals surface area contributed by atoms with Crippen molar-refractivity contribution in [3.05, 3.63) is 34.6 Å². The first-order valence-electron chi connectivity index (χ1n) is 5.15. The molecule has 110 valence electrons. The first kappa shape index (κ1) is 16.2. The van der Waals surface area contributed by atoms with Gasteiger partial charge in [-0.2, -0.15) is 13.2 Å². The molecule has 1 amide bonds. The Morgan fingerprint density at radius 3 is 2.40 bits per heavy atom. The van der Waals surface area contributed by atoms with Crippen molar-refractivity contribution in [2.24, 2.45) is 0 Å². The molecular formula is C11H8ClF4NO3. The molecule has 1 atom stereocenters. The van der Waals surface area contributed by atoms with Crippen molar-refractivity contribution in [1.29, 1.82) is 0 Å². The molecule has 0 radical (unpaired) electrons. The minimum atomic E-state index is -5.16. The van der Waals surface area contributed by atoms with Crippen LogP contribution in [0.5, 0.6) is 0 Å². The number of aliphatic carboxylic acids is 1. The number of nitrogens with one attached hydrogen (secondary N) is 1. The second-order valence-corrected chi connectivity index (χ2v) is 4.20. The second kappa shape index (κ2) is 6.08. The van der Waals surface area contributed by atoms with E-state index in [0.717, 1.165) is 18.2 Å². The summed E-state index contributed by atoms with van der Waals surface area (Å²) >= 11 is 5.41. The molecule has 0 unspecified atom stereocenters. The van der Waals surface area contributed by atoms with Gasteiger partial charge in [-0.15, -0.1) is 0 Å². The van der Waals surface area contributed by atoms with Crippen molar-refractivity contribution >= 4 is 23.5 Å². The standard InChI is InChI=1S/C11H8ClF4NO3/c12-6-2-1-5(3-7(6)13)8(4-9(18)19)17-10(20)11(14,15)16/h1-3,8H,4H2,(H,17,20)(H,18,19)/t8-/m1/s1. The van der Waals surface area contributed by atoms with Gasteiger partial charge in [0, 0.05) is 0 Å². The Bertz CT molecular complexity index is 533. The van der Waals surface area contributed by atoms with Crippen LogP contribution in [0.2, 0.25) is 5.02 Å². The van der Waals surface area contributed by atoms with E-state index in [0.29, 0.717) is 0 Å². The van der Waals surface area contributed by atoms with Gasteiger partial charge in [-0.1, -0.05) is 17.7 Å². The molecule has 1 aromatic rings. The number of hydrogen-bond donors (Lipinski definition) is 2. The highest BCUT2D eigenvalue weighted by atomic mass is 35.5. The van der Waals surface area contributed by atoms with E-state index in [-0.39, 0.29) is 10.6 Å². The molecule has 0 aliphatic carbocycles. The third-order valence-corrected chi connectivity index (χ3v) is 2.59. The summed E-state index contributed by atoms with van der Waals surface area (Å²) in [4.78, 5) is 21.4. The quantitative estimate of drug-likeness (QED) is 0.840. The zero-order chi connectivity index (χ0) is 15.5. The second-order valence-electron chi connectivity index (χ2n) is 3.80. The number of carbonyl (C=O) groups is 2. The summed E-state index contributed by atoms with van der Waals surface area (Å²) in [5.41, 5.74) is -0.132. The van der Waals surface area contributed by atoms with E-state index in [4.69, 9.17) is 16.7 Å². The van der Waals surface area contributed by atoms with E-state index >= 15 is 0 Å². The molecule has 9 heteroatoms. The highest BCUT2D eigenvalue weighted by Gasteiger charge is 2.40. The van der Waals surface area contributed by atoms with Gasteiger partial charge in [-0.05, 0) is 17.7 Å². The summed E-state index contributed by atoms with van der Waals surface area (Å²) in [6, 6.07) is 1.44. The van der Waals surface area contributed by atoms with E-state index in [1.54, 1.807) is 0 Å². The minimum absolute atomic E-state index is 0.132. The fourth-order valence-corrected chi connectivity index (χ4v) is 1.51. The Morgan fingerprint density at radius 1 is 1.35 bits per heavy atom. The number of carboxylic acid groups (broad SMARTS) is 1. The molecule has 2 N–H and O–H groups in total. The molecule has 0 heterocycles. The zero-order valence-electron chi connectivity index (χ0n) is 9.67. The molecule has 1 rings (SSSR count). The van der Waals surface area contributed by atoms with Gasteiger partial charge in [0.25, 0.3) is 0 Å². The topological polar surface area (TPSA) is 66.4 Å². The lowest BCUT2D eigenvalue weighted by Gasteiger charge is -2.18. The van der Waals surface area contributed by atoms with Crippen LogP contribution in [0.1, 0.15) is 18.0 Å². The lowest BCUT2D eigenvalue weighted by molar-refractivity contribution is -0.174. The van der Waals surface area contributed by atoms with Gasteiger partial charge in [0.2, 0.25) is 0 Å². The highest BCUT2D eigenvalue weighted by molar-refractivity contribution is 6.30. The van der Waals surface area contributed by atoms with Crippen LogP contribution in [0.15, 0.2) is 18.2 Å². The SMILES string of the molecule is O=C(O)C[C@@H](NC(=O)C(F)(F)F)c1ccc(Cl)c(F)c1. The van der Waals surface area contributed by atoms with Gasteiger partial charge in [0.15, 0.2) is 0 Å². The molecule has 4 nitrogen and oxygen atoms in total. The fraction of sp³-hybridized carbons (Fsp3) is 0.273. The van der Waals surface area contributed by atoms with Crippen LogP contribution in [0, 0.1) is 5.82 Å². The maximum absolute atomic E-state index is 13.2. The fourth-order valence-electron chi connectivity index (χ4n) is 1.40. The monoisotopic (exact) mass is 313 g/mol. The number of halogens is 5. The van der Waals surface area contributed by atoms with Gasteiger partial charge in [0.05, 0.1) is 17.5 Å². The third kappa shape index (κ3) is 4.37. The normalized spacial score (nSPS) is 12.8. The number of rotatable bonds is 4. The van der Waals surface area contributed by atoms with Gasteiger partial charge in [-0.3, -0.25) is 9.59 Å². The average molecular weight is 314 g/mol.